The van der Waals surface area contributed by atoms with E-state index in [2.05, 4.69) is 26.6 Å². The van der Waals surface area contributed by atoms with Crippen LogP contribution in [0.4, 0.5) is 10.5 Å². The zero-order valence-corrected chi connectivity index (χ0v) is 12.8. The number of urea groups is 1. The summed E-state index contributed by atoms with van der Waals surface area (Å²) in [5, 5.41) is 22.5. The van der Waals surface area contributed by atoms with Gasteiger partial charge in [0.2, 0.25) is 0 Å². The fourth-order valence-corrected chi connectivity index (χ4v) is 1.96. The van der Waals surface area contributed by atoms with Crippen molar-refractivity contribution >= 4 is 33.6 Å². The number of carbonyl (C=O) groups is 2. The first-order chi connectivity index (χ1) is 9.35. The molecular formula is C13H17BrN2O4. The summed E-state index contributed by atoms with van der Waals surface area (Å²) in [5.74, 6) is -1.18. The summed E-state index contributed by atoms with van der Waals surface area (Å²) in [6.45, 7) is 3.48. The fraction of sp³-hybridized carbons (Fsp3) is 0.385. The van der Waals surface area contributed by atoms with Crippen molar-refractivity contribution in [2.45, 2.75) is 26.3 Å². The predicted molar refractivity (Wildman–Crippen MR) is 78.9 cm³/mol. The van der Waals surface area contributed by atoms with Gasteiger partial charge in [0.25, 0.3) is 0 Å². The zero-order valence-electron chi connectivity index (χ0n) is 11.2. The minimum Gasteiger partial charge on any atom is -0.480 e. The predicted octanol–water partition coefficient (Wildman–Crippen LogP) is 2.02. The molecule has 0 fully saturated rings. The Balaban J connectivity index is 2.73. The van der Waals surface area contributed by atoms with E-state index in [0.29, 0.717) is 5.69 Å². The van der Waals surface area contributed by atoms with E-state index >= 15 is 0 Å². The number of nitrogens with one attached hydrogen (secondary N) is 2. The Labute approximate surface area is 125 Å². The molecule has 0 aliphatic rings. The van der Waals surface area contributed by atoms with Crippen molar-refractivity contribution in [3.8, 4) is 0 Å². The SMILES string of the molecule is Cc1cc(NC(=O)N[C@H](CCO)C(=O)O)cc(C)c1Br. The van der Waals surface area contributed by atoms with Crippen molar-refractivity contribution in [3.05, 3.63) is 27.7 Å². The number of hydrogen-bond acceptors (Lipinski definition) is 3. The third kappa shape index (κ3) is 4.50. The molecule has 2 amide bonds. The van der Waals surface area contributed by atoms with Gasteiger partial charge in [0, 0.05) is 23.2 Å². The van der Waals surface area contributed by atoms with E-state index in [1.54, 1.807) is 12.1 Å². The quantitative estimate of drug-likeness (QED) is 0.656. The Morgan fingerprint density at radius 2 is 1.85 bits per heavy atom. The number of carboxylic acids is 1. The van der Waals surface area contributed by atoms with Crippen molar-refractivity contribution < 1.29 is 19.8 Å². The standard InChI is InChI=1S/C13H17BrN2O4/c1-7-5-9(6-8(2)11(7)14)15-13(20)16-10(3-4-17)12(18)19/h5-6,10,17H,3-4H2,1-2H3,(H,18,19)(H2,15,16,20)/t10-/m1/s1. The average molecular weight is 345 g/mol. The Morgan fingerprint density at radius 3 is 2.30 bits per heavy atom. The van der Waals surface area contributed by atoms with Gasteiger partial charge in [-0.2, -0.15) is 0 Å². The molecule has 4 N–H and O–H groups in total. The van der Waals surface area contributed by atoms with E-state index in [4.69, 9.17) is 10.2 Å². The van der Waals surface area contributed by atoms with Crippen LogP contribution >= 0.6 is 15.9 Å². The molecule has 0 aromatic heterocycles. The van der Waals surface area contributed by atoms with Gasteiger partial charge in [-0.3, -0.25) is 0 Å². The van der Waals surface area contributed by atoms with Crippen LogP contribution in [0.25, 0.3) is 0 Å². The molecule has 0 heterocycles. The third-order valence-electron chi connectivity index (χ3n) is 2.72. The van der Waals surface area contributed by atoms with E-state index in [1.807, 2.05) is 13.8 Å². The van der Waals surface area contributed by atoms with Gasteiger partial charge in [0.1, 0.15) is 6.04 Å². The summed E-state index contributed by atoms with van der Waals surface area (Å²) in [4.78, 5) is 22.6. The zero-order chi connectivity index (χ0) is 15.3. The topological polar surface area (TPSA) is 98.7 Å². The van der Waals surface area contributed by atoms with Gasteiger partial charge >= 0.3 is 12.0 Å². The van der Waals surface area contributed by atoms with E-state index in [0.717, 1.165) is 15.6 Å². The van der Waals surface area contributed by atoms with Gasteiger partial charge in [-0.05, 0) is 37.1 Å². The second-order valence-electron chi connectivity index (χ2n) is 4.43. The monoisotopic (exact) mass is 344 g/mol. The molecule has 6 nitrogen and oxygen atoms in total. The van der Waals surface area contributed by atoms with Gasteiger partial charge in [0.15, 0.2) is 0 Å². The Kier molecular flexibility index (Phi) is 5.97. The van der Waals surface area contributed by atoms with Crippen LogP contribution < -0.4 is 10.6 Å². The first-order valence-electron chi connectivity index (χ1n) is 6.03. The summed E-state index contributed by atoms with van der Waals surface area (Å²) in [5.41, 5.74) is 2.50. The van der Waals surface area contributed by atoms with Crippen LogP contribution in [-0.4, -0.2) is 34.9 Å². The number of aliphatic hydroxyl groups is 1. The number of carboxylic acid groups (broad SMARTS) is 1. The molecular weight excluding hydrogens is 328 g/mol. The summed E-state index contributed by atoms with van der Waals surface area (Å²) in [7, 11) is 0. The molecule has 0 spiro atoms. The van der Waals surface area contributed by atoms with Gasteiger partial charge < -0.3 is 20.8 Å². The van der Waals surface area contributed by atoms with Crippen LogP contribution in [0.3, 0.4) is 0 Å². The number of rotatable bonds is 5. The second kappa shape index (κ2) is 7.25. The van der Waals surface area contributed by atoms with Crippen molar-refractivity contribution in [2.24, 2.45) is 0 Å². The number of aliphatic carboxylic acids is 1. The van der Waals surface area contributed by atoms with Crippen LogP contribution in [0.2, 0.25) is 0 Å². The van der Waals surface area contributed by atoms with Crippen LogP contribution in [0.5, 0.6) is 0 Å². The summed E-state index contributed by atoms with van der Waals surface area (Å²) in [6, 6.07) is 1.82. The lowest BCUT2D eigenvalue weighted by Crippen LogP contribution is -2.43. The summed E-state index contributed by atoms with van der Waals surface area (Å²) in [6.07, 6.45) is -0.0405. The van der Waals surface area contributed by atoms with E-state index in [-0.39, 0.29) is 13.0 Å². The van der Waals surface area contributed by atoms with Crippen molar-refractivity contribution in [3.63, 3.8) is 0 Å². The van der Waals surface area contributed by atoms with Gasteiger partial charge in [-0.15, -0.1) is 0 Å². The van der Waals surface area contributed by atoms with Crippen molar-refractivity contribution in [2.75, 3.05) is 11.9 Å². The van der Waals surface area contributed by atoms with Crippen LogP contribution in [0, 0.1) is 13.8 Å². The van der Waals surface area contributed by atoms with Crippen LogP contribution in [-0.2, 0) is 4.79 Å². The minimum absolute atomic E-state index is 0.0405. The summed E-state index contributed by atoms with van der Waals surface area (Å²) < 4.78 is 0.965. The van der Waals surface area contributed by atoms with Gasteiger partial charge in [0.05, 0.1) is 0 Å². The first kappa shape index (κ1) is 16.5. The number of aliphatic hydroxyl groups excluding tert-OH is 1. The molecule has 20 heavy (non-hydrogen) atoms. The maximum Gasteiger partial charge on any atom is 0.326 e. The molecule has 0 aliphatic heterocycles. The van der Waals surface area contributed by atoms with Crippen LogP contribution in [0.15, 0.2) is 16.6 Å². The molecule has 0 aliphatic carbocycles. The molecule has 0 saturated carbocycles. The number of anilines is 1. The third-order valence-corrected chi connectivity index (χ3v) is 3.97. The lowest BCUT2D eigenvalue weighted by Gasteiger charge is -2.15. The van der Waals surface area contributed by atoms with Gasteiger partial charge in [-0.1, -0.05) is 15.9 Å². The Hall–Kier alpha value is -1.60. The Bertz CT molecular complexity index is 496. The molecule has 0 unspecified atom stereocenters. The number of aryl methyl sites for hydroxylation is 2. The van der Waals surface area contributed by atoms with Crippen molar-refractivity contribution in [1.29, 1.82) is 0 Å². The molecule has 0 radical (unpaired) electrons. The molecule has 1 aromatic rings. The largest absolute Gasteiger partial charge is 0.480 e. The number of amides is 2. The molecule has 0 saturated heterocycles. The maximum atomic E-state index is 11.7. The first-order valence-corrected chi connectivity index (χ1v) is 6.82. The lowest BCUT2D eigenvalue weighted by atomic mass is 10.1. The van der Waals surface area contributed by atoms with E-state index in [1.165, 1.54) is 0 Å². The highest BCUT2D eigenvalue weighted by Gasteiger charge is 2.19. The smallest absolute Gasteiger partial charge is 0.326 e. The fourth-order valence-electron chi connectivity index (χ4n) is 1.73. The highest BCUT2D eigenvalue weighted by molar-refractivity contribution is 9.10. The van der Waals surface area contributed by atoms with Crippen molar-refractivity contribution in [1.82, 2.24) is 5.32 Å². The van der Waals surface area contributed by atoms with Gasteiger partial charge in [-0.25, -0.2) is 9.59 Å². The molecule has 0 bridgehead atoms. The summed E-state index contributed by atoms with van der Waals surface area (Å²) >= 11 is 3.43. The molecule has 1 atom stereocenters. The molecule has 110 valence electrons. The van der Waals surface area contributed by atoms with E-state index < -0.39 is 18.0 Å². The minimum atomic E-state index is -1.18. The van der Waals surface area contributed by atoms with Crippen LogP contribution in [0.1, 0.15) is 17.5 Å². The lowest BCUT2D eigenvalue weighted by molar-refractivity contribution is -0.139. The highest BCUT2D eigenvalue weighted by Crippen LogP contribution is 2.24. The molecule has 1 aromatic carbocycles. The second-order valence-corrected chi connectivity index (χ2v) is 5.22. The number of halogens is 1. The Morgan fingerprint density at radius 1 is 1.30 bits per heavy atom. The molecule has 1 rings (SSSR count). The number of carbonyl (C=O) groups excluding carboxylic acids is 1. The molecule has 7 heteroatoms. The highest BCUT2D eigenvalue weighted by atomic mass is 79.9. The average Bonchev–Trinajstić information content (AvgIpc) is 2.35. The number of hydrogen-bond donors (Lipinski definition) is 4. The van der Waals surface area contributed by atoms with E-state index in [9.17, 15) is 9.59 Å². The maximum absolute atomic E-state index is 11.7. The number of benzene rings is 1. The normalized spacial score (nSPS) is 11.8.